The zero-order valence-corrected chi connectivity index (χ0v) is 37.2. The summed E-state index contributed by atoms with van der Waals surface area (Å²) in [6.07, 6.45) is 10.9. The van der Waals surface area contributed by atoms with E-state index in [4.69, 9.17) is 9.47 Å². The van der Waals surface area contributed by atoms with Gasteiger partial charge in [-0.05, 0) is 96.2 Å². The second-order valence-electron chi connectivity index (χ2n) is 16.2. The molecular weight excluding hydrogens is 841 g/mol. The van der Waals surface area contributed by atoms with Crippen molar-refractivity contribution >= 4 is 96.3 Å². The van der Waals surface area contributed by atoms with Crippen molar-refractivity contribution in [2.45, 2.75) is 51.6 Å². The van der Waals surface area contributed by atoms with Gasteiger partial charge in [0.1, 0.15) is 45.5 Å². The second kappa shape index (κ2) is 17.3. The molecule has 2 aliphatic carbocycles. The van der Waals surface area contributed by atoms with Gasteiger partial charge in [-0.3, -0.25) is 24.4 Å². The molecule has 0 bridgehead atoms. The molecular formula is C45H46N10O6S2. The van der Waals surface area contributed by atoms with Gasteiger partial charge in [-0.1, -0.05) is 0 Å². The first-order chi connectivity index (χ1) is 30.5. The Kier molecular flexibility index (Phi) is 11.5. The molecule has 16 nitrogen and oxygen atoms in total. The lowest BCUT2D eigenvalue weighted by Crippen LogP contribution is -2.41. The van der Waals surface area contributed by atoms with Gasteiger partial charge in [-0.25, -0.2) is 19.9 Å². The highest BCUT2D eigenvalue weighted by Crippen LogP contribution is 2.44. The average Bonchev–Trinajstić information content (AvgIpc) is 4.10. The Labute approximate surface area is 371 Å². The van der Waals surface area contributed by atoms with E-state index < -0.39 is 5.97 Å². The highest BCUT2D eigenvalue weighted by Gasteiger charge is 2.32. The minimum absolute atomic E-state index is 0.0114. The maximum atomic E-state index is 13.0. The maximum absolute atomic E-state index is 13.0. The van der Waals surface area contributed by atoms with Crippen molar-refractivity contribution in [3.63, 3.8) is 0 Å². The van der Waals surface area contributed by atoms with E-state index in [1.807, 2.05) is 36.7 Å². The molecule has 0 radical (unpaired) electrons. The first-order valence-corrected chi connectivity index (χ1v) is 22.3. The van der Waals surface area contributed by atoms with Crippen molar-refractivity contribution in [3.05, 3.63) is 80.1 Å². The number of hydrogen-bond donors (Lipinski definition) is 3. The Balaban J connectivity index is 0.000000164. The number of nitrogens with zero attached hydrogens (tertiary/aromatic N) is 8. The number of aromatic nitrogens is 4. The number of aliphatic imine (C=N–C) groups is 2. The molecule has 2 aliphatic heterocycles. The number of carbonyl (C=O) groups excluding carboxylic acids is 2. The third kappa shape index (κ3) is 8.15. The van der Waals surface area contributed by atoms with Crippen LogP contribution in [-0.2, 0) is 53.2 Å². The second-order valence-corrected chi connectivity index (χ2v) is 18.4. The Morgan fingerprint density at radius 1 is 0.730 bits per heavy atom. The molecule has 18 heteroatoms. The standard InChI is InChI=1S/C25H28N6O3S.C20H18N4O3S/c1-30(2)21(32)12-31(3)25(33)14-5-6-17-20(9-14)35-24-22(17)23(27-13-28-24)29-18-7-15-10-26-11-16(15)8-19(18)34-4;1-27-15-5-12-8-21-7-11(12)4-14(15)24-18-17-13-3-2-10(20(25)26)6-16(13)28-19(17)23-9-22-18/h7-8,10,13-14H,5-6,9,11-12H2,1-4H3,(H,27,28,29);4-5,7,9-10H,2-3,6,8H2,1H3,(H,25,26)(H,22,23,24)/t14-;10-/m00/s1. The number of benzene rings is 2. The van der Waals surface area contributed by atoms with Crippen LogP contribution < -0.4 is 20.1 Å². The van der Waals surface area contributed by atoms with E-state index in [-0.39, 0.29) is 30.2 Å². The van der Waals surface area contributed by atoms with Gasteiger partial charge in [0, 0.05) is 49.2 Å². The fourth-order valence-electron chi connectivity index (χ4n) is 8.63. The number of rotatable bonds is 10. The molecule has 0 saturated heterocycles. The number of ether oxygens (including phenoxy) is 2. The number of aryl methyl sites for hydroxylation is 2. The maximum Gasteiger partial charge on any atom is 0.306 e. The lowest BCUT2D eigenvalue weighted by atomic mass is 9.87. The third-order valence-electron chi connectivity index (χ3n) is 12.0. The van der Waals surface area contributed by atoms with Crippen LogP contribution in [0, 0.1) is 11.8 Å². The van der Waals surface area contributed by atoms with Crippen LogP contribution >= 0.6 is 22.7 Å². The van der Waals surface area contributed by atoms with Crippen LogP contribution in [-0.4, -0.2) is 107 Å². The van der Waals surface area contributed by atoms with E-state index in [9.17, 15) is 19.5 Å². The number of anilines is 4. The molecule has 2 atom stereocenters. The van der Waals surface area contributed by atoms with Gasteiger partial charge in [0.15, 0.2) is 0 Å². The molecule has 324 valence electrons. The number of methoxy groups -OCH3 is 2. The minimum atomic E-state index is -0.725. The summed E-state index contributed by atoms with van der Waals surface area (Å²) in [5, 5.41) is 18.2. The fourth-order valence-corrected chi connectivity index (χ4v) is 11.2. The van der Waals surface area contributed by atoms with Crippen LogP contribution in [0.3, 0.4) is 0 Å². The van der Waals surface area contributed by atoms with E-state index >= 15 is 0 Å². The molecule has 2 aromatic carbocycles. The number of carboxylic acids is 1. The summed E-state index contributed by atoms with van der Waals surface area (Å²) < 4.78 is 11.2. The molecule has 2 amide bonds. The number of carbonyl (C=O) groups is 3. The van der Waals surface area contributed by atoms with Gasteiger partial charge >= 0.3 is 5.97 Å². The molecule has 6 heterocycles. The molecule has 3 N–H and O–H groups in total. The smallest absolute Gasteiger partial charge is 0.306 e. The predicted molar refractivity (Wildman–Crippen MR) is 245 cm³/mol. The summed E-state index contributed by atoms with van der Waals surface area (Å²) in [5.74, 6) is 1.69. The Morgan fingerprint density at radius 2 is 1.22 bits per heavy atom. The van der Waals surface area contributed by atoms with Gasteiger partial charge in [0.25, 0.3) is 0 Å². The quantitative estimate of drug-likeness (QED) is 0.134. The van der Waals surface area contributed by atoms with Gasteiger partial charge in [0.2, 0.25) is 11.8 Å². The number of likely N-dealkylation sites (N-methyl/N-ethyl adjacent to an activating group) is 2. The first-order valence-electron chi connectivity index (χ1n) is 20.6. The van der Waals surface area contributed by atoms with Crippen molar-refractivity contribution in [3.8, 4) is 11.5 Å². The lowest BCUT2D eigenvalue weighted by molar-refractivity contribution is -0.142. The number of amides is 2. The van der Waals surface area contributed by atoms with Gasteiger partial charge in [-0.15, -0.1) is 22.7 Å². The zero-order valence-electron chi connectivity index (χ0n) is 35.5. The van der Waals surface area contributed by atoms with Crippen LogP contribution in [0.25, 0.3) is 20.4 Å². The Morgan fingerprint density at radius 3 is 1.70 bits per heavy atom. The number of hydrogen-bond acceptors (Lipinski definition) is 15. The van der Waals surface area contributed by atoms with E-state index in [0.29, 0.717) is 32.4 Å². The van der Waals surface area contributed by atoms with Crippen molar-refractivity contribution in [1.29, 1.82) is 0 Å². The van der Waals surface area contributed by atoms with Crippen molar-refractivity contribution in [1.82, 2.24) is 29.7 Å². The topological polar surface area (TPSA) is 197 Å². The Bertz CT molecular complexity index is 2870. The van der Waals surface area contributed by atoms with Gasteiger partial charge < -0.3 is 35.0 Å². The van der Waals surface area contributed by atoms with Gasteiger partial charge in [-0.2, -0.15) is 0 Å². The lowest BCUT2D eigenvalue weighted by Gasteiger charge is -2.27. The van der Waals surface area contributed by atoms with Crippen LogP contribution in [0.15, 0.2) is 46.9 Å². The summed E-state index contributed by atoms with van der Waals surface area (Å²) in [7, 11) is 8.40. The summed E-state index contributed by atoms with van der Waals surface area (Å²) in [6, 6.07) is 8.08. The minimum Gasteiger partial charge on any atom is -0.495 e. The zero-order chi connectivity index (χ0) is 43.9. The molecule has 0 unspecified atom stereocenters. The van der Waals surface area contributed by atoms with Crippen LogP contribution in [0.4, 0.5) is 23.0 Å². The number of nitrogens with one attached hydrogen (secondary N) is 2. The third-order valence-corrected chi connectivity index (χ3v) is 14.4. The van der Waals surface area contributed by atoms with E-state index in [1.54, 1.807) is 75.6 Å². The normalized spacial score (nSPS) is 16.7. The molecule has 4 aromatic heterocycles. The van der Waals surface area contributed by atoms with Crippen LogP contribution in [0.1, 0.15) is 56.0 Å². The van der Waals surface area contributed by atoms with Crippen LogP contribution in [0.2, 0.25) is 0 Å². The summed E-state index contributed by atoms with van der Waals surface area (Å²) in [6.45, 7) is 1.43. The number of aliphatic carboxylic acids is 1. The molecule has 6 aromatic rings. The van der Waals surface area contributed by atoms with E-state index in [1.165, 1.54) is 16.0 Å². The number of fused-ring (bicyclic) bond motifs is 8. The summed E-state index contributed by atoms with van der Waals surface area (Å²) >= 11 is 3.19. The number of thiophene rings is 2. The molecule has 0 fully saturated rings. The SMILES string of the molecule is COc1cc2c(cc1Nc1ncnc3sc4c(c13)CC[C@H](C(=O)N(C)CC(=O)N(C)C)C4)C=NC2.COc1cc2c(cc1Nc1ncnc3sc4c(c13)CC[C@H](C(=O)O)C4)C=NC2. The number of carboxylic acid groups (broad SMARTS) is 1. The fraction of sp³-hybridized carbons (Fsp3) is 0.356. The summed E-state index contributed by atoms with van der Waals surface area (Å²) in [4.78, 5) is 70.2. The Hall–Kier alpha value is -6.53. The predicted octanol–water partition coefficient (Wildman–Crippen LogP) is 6.59. The molecule has 10 rings (SSSR count). The van der Waals surface area contributed by atoms with Crippen LogP contribution in [0.5, 0.6) is 11.5 Å². The highest BCUT2D eigenvalue weighted by molar-refractivity contribution is 7.19. The monoisotopic (exact) mass is 886 g/mol. The summed E-state index contributed by atoms with van der Waals surface area (Å²) in [5.41, 5.74) is 8.45. The largest absolute Gasteiger partial charge is 0.495 e. The average molecular weight is 887 g/mol. The van der Waals surface area contributed by atoms with E-state index in [0.717, 1.165) is 106 Å². The van der Waals surface area contributed by atoms with Gasteiger partial charge in [0.05, 0.1) is 61.9 Å². The first kappa shape index (κ1) is 41.8. The van der Waals surface area contributed by atoms with Crippen molar-refractivity contribution in [2.24, 2.45) is 21.8 Å². The molecule has 4 aliphatic rings. The van der Waals surface area contributed by atoms with E-state index in [2.05, 4.69) is 40.6 Å². The highest BCUT2D eigenvalue weighted by atomic mass is 32.1. The molecule has 0 spiro atoms. The molecule has 0 saturated carbocycles. The van der Waals surface area contributed by atoms with Crippen molar-refractivity contribution in [2.75, 3.05) is 52.5 Å². The van der Waals surface area contributed by atoms with Crippen molar-refractivity contribution < 1.29 is 29.0 Å². The molecule has 63 heavy (non-hydrogen) atoms.